The van der Waals surface area contributed by atoms with E-state index < -0.39 is 0 Å². The van der Waals surface area contributed by atoms with Gasteiger partial charge in [0.25, 0.3) is 0 Å². The zero-order valence-corrected chi connectivity index (χ0v) is 7.68. The SMILES string of the molecule is Cc1ccc(-n2cccc2C#N)nn1. The molecular weight excluding hydrogens is 176 g/mol. The van der Waals surface area contributed by atoms with Gasteiger partial charge in [-0.2, -0.15) is 10.4 Å². The van der Waals surface area contributed by atoms with Crippen LogP contribution in [-0.4, -0.2) is 14.8 Å². The van der Waals surface area contributed by atoms with Crippen LogP contribution in [0.1, 0.15) is 11.4 Å². The van der Waals surface area contributed by atoms with E-state index in [0.717, 1.165) is 5.69 Å². The average molecular weight is 184 g/mol. The van der Waals surface area contributed by atoms with E-state index in [1.807, 2.05) is 19.1 Å². The molecule has 0 bridgehead atoms. The van der Waals surface area contributed by atoms with E-state index in [1.165, 1.54) is 0 Å². The summed E-state index contributed by atoms with van der Waals surface area (Å²) in [4.78, 5) is 0. The monoisotopic (exact) mass is 184 g/mol. The predicted molar refractivity (Wildman–Crippen MR) is 50.8 cm³/mol. The lowest BCUT2D eigenvalue weighted by molar-refractivity contribution is 0.889. The third-order valence-corrected chi connectivity index (χ3v) is 1.89. The molecule has 0 saturated carbocycles. The molecule has 4 nitrogen and oxygen atoms in total. The highest BCUT2D eigenvalue weighted by Gasteiger charge is 2.02. The third-order valence-electron chi connectivity index (χ3n) is 1.89. The van der Waals surface area contributed by atoms with Crippen LogP contribution in [0.25, 0.3) is 5.82 Å². The molecule has 2 rings (SSSR count). The van der Waals surface area contributed by atoms with Gasteiger partial charge in [-0.05, 0) is 31.2 Å². The molecule has 0 radical (unpaired) electrons. The van der Waals surface area contributed by atoms with Gasteiger partial charge in [-0.15, -0.1) is 5.10 Å². The minimum absolute atomic E-state index is 0.558. The molecule has 4 heteroatoms. The Balaban J connectivity index is 2.50. The second-order valence-corrected chi connectivity index (χ2v) is 2.91. The number of nitrogens with zero attached hydrogens (tertiary/aromatic N) is 4. The molecule has 0 saturated heterocycles. The number of rotatable bonds is 1. The van der Waals surface area contributed by atoms with Crippen molar-refractivity contribution in [3.63, 3.8) is 0 Å². The van der Waals surface area contributed by atoms with Crippen LogP contribution in [0, 0.1) is 18.3 Å². The summed E-state index contributed by atoms with van der Waals surface area (Å²) < 4.78 is 1.70. The summed E-state index contributed by atoms with van der Waals surface area (Å²) in [6.45, 7) is 1.87. The van der Waals surface area contributed by atoms with Crippen molar-refractivity contribution >= 4 is 0 Å². The van der Waals surface area contributed by atoms with Crippen molar-refractivity contribution in [2.24, 2.45) is 0 Å². The van der Waals surface area contributed by atoms with Crippen molar-refractivity contribution in [1.82, 2.24) is 14.8 Å². The fourth-order valence-corrected chi connectivity index (χ4v) is 1.19. The maximum atomic E-state index is 8.80. The van der Waals surface area contributed by atoms with Crippen LogP contribution in [0.2, 0.25) is 0 Å². The van der Waals surface area contributed by atoms with Crippen molar-refractivity contribution in [2.45, 2.75) is 6.92 Å². The Kier molecular flexibility index (Phi) is 1.99. The highest BCUT2D eigenvalue weighted by Crippen LogP contribution is 2.08. The molecule has 14 heavy (non-hydrogen) atoms. The molecule has 2 aromatic heterocycles. The van der Waals surface area contributed by atoms with Crippen molar-refractivity contribution < 1.29 is 0 Å². The van der Waals surface area contributed by atoms with Crippen molar-refractivity contribution in [3.8, 4) is 11.9 Å². The number of hydrogen-bond donors (Lipinski definition) is 0. The van der Waals surface area contributed by atoms with Crippen LogP contribution >= 0.6 is 0 Å². The largest absolute Gasteiger partial charge is 0.291 e. The van der Waals surface area contributed by atoms with E-state index in [4.69, 9.17) is 5.26 Å². The van der Waals surface area contributed by atoms with Crippen LogP contribution in [0.5, 0.6) is 0 Å². The summed E-state index contributed by atoms with van der Waals surface area (Å²) in [6, 6.07) is 9.33. The number of aromatic nitrogens is 3. The minimum atomic E-state index is 0.558. The summed E-state index contributed by atoms with van der Waals surface area (Å²) in [6.07, 6.45) is 1.79. The highest BCUT2D eigenvalue weighted by molar-refractivity contribution is 5.33. The Morgan fingerprint density at radius 3 is 2.79 bits per heavy atom. The first kappa shape index (κ1) is 8.45. The molecule has 2 aromatic rings. The fourth-order valence-electron chi connectivity index (χ4n) is 1.19. The number of nitriles is 1. The van der Waals surface area contributed by atoms with E-state index in [1.54, 1.807) is 22.9 Å². The number of aryl methyl sites for hydroxylation is 1. The molecule has 0 atom stereocenters. The van der Waals surface area contributed by atoms with E-state index in [-0.39, 0.29) is 0 Å². The van der Waals surface area contributed by atoms with Gasteiger partial charge in [0, 0.05) is 6.20 Å². The zero-order valence-electron chi connectivity index (χ0n) is 7.68. The second kappa shape index (κ2) is 3.30. The molecular formula is C10H8N4. The third kappa shape index (κ3) is 1.36. The minimum Gasteiger partial charge on any atom is -0.291 e. The average Bonchev–Trinajstić information content (AvgIpc) is 2.67. The summed E-state index contributed by atoms with van der Waals surface area (Å²) in [7, 11) is 0. The Morgan fingerprint density at radius 2 is 2.14 bits per heavy atom. The first-order valence-corrected chi connectivity index (χ1v) is 4.19. The van der Waals surface area contributed by atoms with Crippen molar-refractivity contribution in [1.29, 1.82) is 5.26 Å². The van der Waals surface area contributed by atoms with Gasteiger partial charge in [0.1, 0.15) is 11.8 Å². The van der Waals surface area contributed by atoms with E-state index in [2.05, 4.69) is 16.3 Å². The predicted octanol–water partition coefficient (Wildman–Crippen LogP) is 1.45. The zero-order chi connectivity index (χ0) is 9.97. The summed E-state index contributed by atoms with van der Waals surface area (Å²) in [5.74, 6) is 0.664. The van der Waals surface area contributed by atoms with Gasteiger partial charge in [0.15, 0.2) is 5.82 Å². The summed E-state index contributed by atoms with van der Waals surface area (Å²) in [5.41, 5.74) is 1.42. The molecule has 0 spiro atoms. The Bertz CT molecular complexity index is 476. The summed E-state index contributed by atoms with van der Waals surface area (Å²) >= 11 is 0. The van der Waals surface area contributed by atoms with Crippen LogP contribution in [0.3, 0.4) is 0 Å². The molecule has 0 amide bonds. The van der Waals surface area contributed by atoms with E-state index in [9.17, 15) is 0 Å². The Hall–Kier alpha value is -2.15. The van der Waals surface area contributed by atoms with Gasteiger partial charge in [-0.25, -0.2) is 0 Å². The van der Waals surface area contributed by atoms with Crippen LogP contribution in [0.15, 0.2) is 30.5 Å². The molecule has 0 aromatic carbocycles. The Morgan fingerprint density at radius 1 is 1.29 bits per heavy atom. The summed E-state index contributed by atoms with van der Waals surface area (Å²) in [5, 5.41) is 16.7. The molecule has 0 aliphatic carbocycles. The first-order valence-electron chi connectivity index (χ1n) is 4.19. The Labute approximate surface area is 81.4 Å². The molecule has 0 N–H and O–H groups in total. The van der Waals surface area contributed by atoms with E-state index in [0.29, 0.717) is 11.5 Å². The lowest BCUT2D eigenvalue weighted by Gasteiger charge is -2.01. The maximum Gasteiger partial charge on any atom is 0.160 e. The van der Waals surface area contributed by atoms with Gasteiger partial charge in [-0.3, -0.25) is 4.57 Å². The van der Waals surface area contributed by atoms with Gasteiger partial charge < -0.3 is 0 Å². The molecule has 0 aliphatic rings. The lowest BCUT2D eigenvalue weighted by Crippen LogP contribution is -2.00. The maximum absolute atomic E-state index is 8.80. The molecule has 2 heterocycles. The van der Waals surface area contributed by atoms with Crippen molar-refractivity contribution in [3.05, 3.63) is 41.9 Å². The van der Waals surface area contributed by atoms with Crippen molar-refractivity contribution in [2.75, 3.05) is 0 Å². The molecule has 0 fully saturated rings. The van der Waals surface area contributed by atoms with Gasteiger partial charge in [0.2, 0.25) is 0 Å². The molecule has 0 aliphatic heterocycles. The normalized spacial score (nSPS) is 9.71. The van der Waals surface area contributed by atoms with Gasteiger partial charge in [0.05, 0.1) is 5.69 Å². The fraction of sp³-hybridized carbons (Fsp3) is 0.100. The van der Waals surface area contributed by atoms with Crippen LogP contribution in [0.4, 0.5) is 0 Å². The second-order valence-electron chi connectivity index (χ2n) is 2.91. The quantitative estimate of drug-likeness (QED) is 0.674. The van der Waals surface area contributed by atoms with E-state index >= 15 is 0 Å². The topological polar surface area (TPSA) is 54.5 Å². The first-order chi connectivity index (χ1) is 6.81. The van der Waals surface area contributed by atoms with Gasteiger partial charge >= 0.3 is 0 Å². The molecule has 0 unspecified atom stereocenters. The number of hydrogen-bond acceptors (Lipinski definition) is 3. The van der Waals surface area contributed by atoms with Crippen LogP contribution in [-0.2, 0) is 0 Å². The lowest BCUT2D eigenvalue weighted by atomic mass is 10.4. The smallest absolute Gasteiger partial charge is 0.160 e. The molecule has 68 valence electrons. The van der Waals surface area contributed by atoms with Gasteiger partial charge in [-0.1, -0.05) is 0 Å². The standard InChI is InChI=1S/C10H8N4/c1-8-4-5-10(13-12-8)14-6-2-3-9(14)7-11/h2-6H,1H3. The highest BCUT2D eigenvalue weighted by atomic mass is 15.2. The van der Waals surface area contributed by atoms with Crippen LogP contribution < -0.4 is 0 Å².